The average Bonchev–Trinajstić information content (AvgIpc) is 3.14. The monoisotopic (exact) mass is 383 g/mol. The van der Waals surface area contributed by atoms with Crippen LogP contribution in [-0.4, -0.2) is 36.5 Å². The van der Waals surface area contributed by atoms with Crippen molar-refractivity contribution < 1.29 is 18.0 Å². The minimum Gasteiger partial charge on any atom is -0.342 e. The highest BCUT2D eigenvalue weighted by molar-refractivity contribution is 5.80. The summed E-state index contributed by atoms with van der Waals surface area (Å²) in [4.78, 5) is 14.8. The molecule has 2 heterocycles. The molecule has 3 unspecified atom stereocenters. The van der Waals surface area contributed by atoms with Crippen LogP contribution in [0.2, 0.25) is 0 Å². The number of amides is 1. The first-order valence-corrected chi connectivity index (χ1v) is 9.82. The first-order chi connectivity index (χ1) is 12.9. The topological polar surface area (TPSA) is 44.4 Å². The van der Waals surface area contributed by atoms with E-state index in [2.05, 4.69) is 17.8 Å². The van der Waals surface area contributed by atoms with Crippen molar-refractivity contribution in [3.63, 3.8) is 0 Å². The Labute approximate surface area is 158 Å². The standard InChI is InChI=1S/C20H28F3N3O/c1-2-18-16(12-24-25-18)19(27)26-11-5-6-14(13-26)9-10-15-7-3-4-8-17(15)20(21,22)23/h3-4,7-8,14,16,18,24-25H,2,5-6,9-13H2,1H3. The van der Waals surface area contributed by atoms with E-state index in [1.807, 2.05) is 4.90 Å². The van der Waals surface area contributed by atoms with Gasteiger partial charge in [-0.25, -0.2) is 0 Å². The zero-order chi connectivity index (χ0) is 19.4. The Hall–Kier alpha value is -1.60. The largest absolute Gasteiger partial charge is 0.416 e. The summed E-state index contributed by atoms with van der Waals surface area (Å²) in [5, 5.41) is 0. The van der Waals surface area contributed by atoms with Crippen LogP contribution in [0.3, 0.4) is 0 Å². The van der Waals surface area contributed by atoms with Crippen LogP contribution >= 0.6 is 0 Å². The number of alkyl halides is 3. The third-order valence-corrected chi connectivity index (χ3v) is 5.83. The molecule has 150 valence electrons. The molecule has 2 fully saturated rings. The molecule has 27 heavy (non-hydrogen) atoms. The van der Waals surface area contributed by atoms with Crippen LogP contribution in [0.4, 0.5) is 13.2 Å². The lowest BCUT2D eigenvalue weighted by molar-refractivity contribution is -0.138. The van der Waals surface area contributed by atoms with E-state index in [1.54, 1.807) is 12.1 Å². The fourth-order valence-corrected chi connectivity index (χ4v) is 4.30. The summed E-state index contributed by atoms with van der Waals surface area (Å²) in [7, 11) is 0. The Morgan fingerprint density at radius 2 is 2.07 bits per heavy atom. The van der Waals surface area contributed by atoms with Crippen molar-refractivity contribution in [2.45, 2.75) is 51.2 Å². The summed E-state index contributed by atoms with van der Waals surface area (Å²) in [6, 6.07) is 5.96. The van der Waals surface area contributed by atoms with Crippen molar-refractivity contribution in [1.29, 1.82) is 0 Å². The number of halogens is 3. The molecule has 1 amide bonds. The minimum absolute atomic E-state index is 0.0558. The van der Waals surface area contributed by atoms with E-state index < -0.39 is 11.7 Å². The summed E-state index contributed by atoms with van der Waals surface area (Å²) >= 11 is 0. The van der Waals surface area contributed by atoms with Gasteiger partial charge in [-0.2, -0.15) is 13.2 Å². The number of piperidine rings is 1. The maximum Gasteiger partial charge on any atom is 0.416 e. The van der Waals surface area contributed by atoms with E-state index in [-0.39, 0.29) is 23.8 Å². The second kappa shape index (κ2) is 8.61. The van der Waals surface area contributed by atoms with Crippen molar-refractivity contribution in [2.24, 2.45) is 11.8 Å². The number of hydrogen-bond acceptors (Lipinski definition) is 3. The zero-order valence-corrected chi connectivity index (χ0v) is 15.7. The number of benzene rings is 1. The number of carbonyl (C=O) groups is 1. The van der Waals surface area contributed by atoms with Gasteiger partial charge in [-0.05, 0) is 49.7 Å². The molecule has 0 bridgehead atoms. The lowest BCUT2D eigenvalue weighted by Crippen LogP contribution is -2.46. The van der Waals surface area contributed by atoms with Crippen LogP contribution in [-0.2, 0) is 17.4 Å². The summed E-state index contributed by atoms with van der Waals surface area (Å²) in [6.07, 6.45) is -0.475. The number of nitrogens with one attached hydrogen (secondary N) is 2. The number of nitrogens with zero attached hydrogens (tertiary/aromatic N) is 1. The van der Waals surface area contributed by atoms with Crippen molar-refractivity contribution in [3.05, 3.63) is 35.4 Å². The fourth-order valence-electron chi connectivity index (χ4n) is 4.30. The van der Waals surface area contributed by atoms with E-state index in [9.17, 15) is 18.0 Å². The third kappa shape index (κ3) is 4.82. The molecular formula is C20H28F3N3O. The van der Waals surface area contributed by atoms with Crippen LogP contribution in [0.15, 0.2) is 24.3 Å². The Kier molecular flexibility index (Phi) is 6.42. The quantitative estimate of drug-likeness (QED) is 0.819. The normalized spacial score (nSPS) is 26.4. The Morgan fingerprint density at radius 3 is 2.81 bits per heavy atom. The van der Waals surface area contributed by atoms with Gasteiger partial charge >= 0.3 is 6.18 Å². The van der Waals surface area contributed by atoms with Gasteiger partial charge in [0.05, 0.1) is 11.5 Å². The SMILES string of the molecule is CCC1NNCC1C(=O)N1CCCC(CCc2ccccc2C(F)(F)F)C1. The highest BCUT2D eigenvalue weighted by Gasteiger charge is 2.36. The summed E-state index contributed by atoms with van der Waals surface area (Å²) < 4.78 is 39.5. The molecule has 0 aromatic heterocycles. The van der Waals surface area contributed by atoms with Crippen LogP contribution in [0.1, 0.15) is 43.7 Å². The van der Waals surface area contributed by atoms with E-state index in [0.717, 1.165) is 31.9 Å². The maximum absolute atomic E-state index is 13.2. The Balaban J connectivity index is 1.59. The number of aryl methyl sites for hydroxylation is 1. The molecule has 2 N–H and O–H groups in total. The molecule has 0 radical (unpaired) electrons. The molecule has 3 rings (SSSR count). The molecule has 7 heteroatoms. The van der Waals surface area contributed by atoms with Crippen LogP contribution < -0.4 is 10.9 Å². The molecule has 3 atom stereocenters. The van der Waals surface area contributed by atoms with E-state index >= 15 is 0 Å². The van der Waals surface area contributed by atoms with Gasteiger partial charge in [0.25, 0.3) is 0 Å². The first kappa shape index (κ1) is 20.1. The predicted octanol–water partition coefficient (Wildman–Crippen LogP) is 3.38. The smallest absolute Gasteiger partial charge is 0.342 e. The molecule has 1 aromatic carbocycles. The van der Waals surface area contributed by atoms with Gasteiger partial charge in [0, 0.05) is 25.7 Å². The van der Waals surface area contributed by atoms with Crippen LogP contribution in [0, 0.1) is 11.8 Å². The maximum atomic E-state index is 13.2. The molecule has 2 aliphatic rings. The summed E-state index contributed by atoms with van der Waals surface area (Å²) in [6.45, 7) is 4.10. The van der Waals surface area contributed by atoms with Crippen molar-refractivity contribution in [2.75, 3.05) is 19.6 Å². The minimum atomic E-state index is -4.32. The highest BCUT2D eigenvalue weighted by atomic mass is 19.4. The van der Waals surface area contributed by atoms with Crippen molar-refractivity contribution in [1.82, 2.24) is 15.8 Å². The van der Waals surface area contributed by atoms with E-state index in [1.165, 1.54) is 6.07 Å². The molecule has 2 saturated heterocycles. The first-order valence-electron chi connectivity index (χ1n) is 9.82. The molecule has 0 saturated carbocycles. The average molecular weight is 383 g/mol. The van der Waals surface area contributed by atoms with Crippen molar-refractivity contribution in [3.8, 4) is 0 Å². The molecule has 2 aliphatic heterocycles. The van der Waals surface area contributed by atoms with Gasteiger partial charge in [0.2, 0.25) is 5.91 Å². The van der Waals surface area contributed by atoms with Gasteiger partial charge in [-0.1, -0.05) is 25.1 Å². The third-order valence-electron chi connectivity index (χ3n) is 5.83. The van der Waals surface area contributed by atoms with Gasteiger partial charge in [-0.3, -0.25) is 15.6 Å². The summed E-state index contributed by atoms with van der Waals surface area (Å²) in [5.41, 5.74) is 6.03. The van der Waals surface area contributed by atoms with E-state index in [4.69, 9.17) is 0 Å². The molecular weight excluding hydrogens is 355 g/mol. The van der Waals surface area contributed by atoms with Crippen LogP contribution in [0.25, 0.3) is 0 Å². The Bertz CT molecular complexity index is 650. The molecule has 0 aliphatic carbocycles. The van der Waals surface area contributed by atoms with Gasteiger partial charge < -0.3 is 4.90 Å². The number of rotatable bonds is 5. The second-order valence-corrected chi connectivity index (χ2v) is 7.63. The fraction of sp³-hybridized carbons (Fsp3) is 0.650. The number of likely N-dealkylation sites (tertiary alicyclic amines) is 1. The number of carbonyl (C=O) groups excluding carboxylic acids is 1. The van der Waals surface area contributed by atoms with Gasteiger partial charge in [0.1, 0.15) is 0 Å². The van der Waals surface area contributed by atoms with Crippen molar-refractivity contribution >= 4 is 5.91 Å². The van der Waals surface area contributed by atoms with Gasteiger partial charge in [0.15, 0.2) is 0 Å². The highest BCUT2D eigenvalue weighted by Crippen LogP contribution is 2.33. The predicted molar refractivity (Wildman–Crippen MR) is 97.8 cm³/mol. The van der Waals surface area contributed by atoms with Crippen LogP contribution in [0.5, 0.6) is 0 Å². The molecule has 4 nitrogen and oxygen atoms in total. The summed E-state index contributed by atoms with van der Waals surface area (Å²) in [5.74, 6) is 0.367. The molecule has 0 spiro atoms. The lowest BCUT2D eigenvalue weighted by atomic mass is 9.89. The Morgan fingerprint density at radius 1 is 1.30 bits per heavy atom. The van der Waals surface area contributed by atoms with E-state index in [0.29, 0.717) is 31.5 Å². The number of hydrogen-bond donors (Lipinski definition) is 2. The lowest BCUT2D eigenvalue weighted by Gasteiger charge is -2.35. The number of hydrazine groups is 1. The molecule has 1 aromatic rings. The van der Waals surface area contributed by atoms with Gasteiger partial charge in [-0.15, -0.1) is 0 Å². The second-order valence-electron chi connectivity index (χ2n) is 7.63. The zero-order valence-electron chi connectivity index (χ0n) is 15.7.